The number of hydrogen-bond acceptors (Lipinski definition) is 4. The molecule has 1 fully saturated rings. The smallest absolute Gasteiger partial charge is 0.218 e. The molecule has 5 heteroatoms. The second-order valence-corrected chi connectivity index (χ2v) is 5.16. The van der Waals surface area contributed by atoms with Gasteiger partial charge in [-0.25, -0.2) is 9.37 Å². The van der Waals surface area contributed by atoms with Crippen LogP contribution in [-0.4, -0.2) is 31.3 Å². The summed E-state index contributed by atoms with van der Waals surface area (Å²) in [7, 11) is 0. The Morgan fingerprint density at radius 2 is 2.25 bits per heavy atom. The van der Waals surface area contributed by atoms with Crippen molar-refractivity contribution in [3.8, 4) is 5.88 Å². The van der Waals surface area contributed by atoms with E-state index in [4.69, 9.17) is 9.47 Å². The third-order valence-corrected chi connectivity index (χ3v) is 3.43. The molecule has 0 atom stereocenters. The van der Waals surface area contributed by atoms with Crippen LogP contribution in [0.5, 0.6) is 5.88 Å². The Kier molecular flexibility index (Phi) is 6.21. The molecule has 1 aromatic heterocycles. The maximum atomic E-state index is 13.3. The molecule has 2 heterocycles. The quantitative estimate of drug-likeness (QED) is 0.780. The molecule has 0 saturated carbocycles. The van der Waals surface area contributed by atoms with Crippen molar-refractivity contribution in [1.29, 1.82) is 0 Å². The zero-order chi connectivity index (χ0) is 14.2. The highest BCUT2D eigenvalue weighted by Crippen LogP contribution is 2.20. The van der Waals surface area contributed by atoms with Gasteiger partial charge < -0.3 is 14.8 Å². The molecule has 1 aliphatic rings. The predicted octanol–water partition coefficient (Wildman–Crippen LogP) is 2.53. The van der Waals surface area contributed by atoms with E-state index >= 15 is 0 Å². The van der Waals surface area contributed by atoms with Crippen molar-refractivity contribution >= 4 is 0 Å². The molecule has 20 heavy (non-hydrogen) atoms. The van der Waals surface area contributed by atoms with Crippen LogP contribution in [0.15, 0.2) is 12.3 Å². The Balaban J connectivity index is 1.91. The van der Waals surface area contributed by atoms with Crippen LogP contribution >= 0.6 is 0 Å². The molecule has 1 aliphatic heterocycles. The SMILES string of the molecule is CCCNCc1cc(F)cnc1OCC1CCOCC1. The predicted molar refractivity (Wildman–Crippen MR) is 75.2 cm³/mol. The lowest BCUT2D eigenvalue weighted by Crippen LogP contribution is -2.22. The highest BCUT2D eigenvalue weighted by Gasteiger charge is 2.16. The first-order chi connectivity index (χ1) is 9.79. The van der Waals surface area contributed by atoms with Crippen molar-refractivity contribution in [3.63, 3.8) is 0 Å². The van der Waals surface area contributed by atoms with Crippen molar-refractivity contribution < 1.29 is 13.9 Å². The van der Waals surface area contributed by atoms with Crippen LogP contribution in [-0.2, 0) is 11.3 Å². The molecule has 0 unspecified atom stereocenters. The molecule has 0 radical (unpaired) electrons. The van der Waals surface area contributed by atoms with E-state index in [1.54, 1.807) is 0 Å². The van der Waals surface area contributed by atoms with Gasteiger partial charge in [-0.2, -0.15) is 0 Å². The first-order valence-corrected chi connectivity index (χ1v) is 7.35. The maximum Gasteiger partial charge on any atom is 0.218 e. The zero-order valence-corrected chi connectivity index (χ0v) is 12.0. The van der Waals surface area contributed by atoms with Gasteiger partial charge in [-0.05, 0) is 37.8 Å². The topological polar surface area (TPSA) is 43.4 Å². The number of rotatable bonds is 7. The van der Waals surface area contributed by atoms with E-state index in [1.165, 1.54) is 12.3 Å². The number of aromatic nitrogens is 1. The van der Waals surface area contributed by atoms with Crippen LogP contribution in [0.4, 0.5) is 4.39 Å². The first kappa shape index (κ1) is 15.2. The summed E-state index contributed by atoms with van der Waals surface area (Å²) >= 11 is 0. The molecule has 112 valence electrons. The lowest BCUT2D eigenvalue weighted by molar-refractivity contribution is 0.0488. The van der Waals surface area contributed by atoms with E-state index in [1.807, 2.05) is 0 Å². The average Bonchev–Trinajstić information content (AvgIpc) is 2.48. The molecular weight excluding hydrogens is 259 g/mol. The standard InChI is InChI=1S/C15H23FN2O2/c1-2-5-17-9-13-8-14(16)10-18-15(13)20-11-12-3-6-19-7-4-12/h8,10,12,17H,2-7,9,11H2,1H3. The summed E-state index contributed by atoms with van der Waals surface area (Å²) in [6, 6.07) is 1.50. The van der Waals surface area contributed by atoms with E-state index in [0.29, 0.717) is 24.9 Å². The molecule has 0 aromatic carbocycles. The van der Waals surface area contributed by atoms with Gasteiger partial charge in [0.25, 0.3) is 0 Å². The number of nitrogens with one attached hydrogen (secondary N) is 1. The lowest BCUT2D eigenvalue weighted by atomic mass is 10.0. The Labute approximate surface area is 119 Å². The van der Waals surface area contributed by atoms with Crippen LogP contribution in [0.1, 0.15) is 31.7 Å². The number of pyridine rings is 1. The minimum Gasteiger partial charge on any atom is -0.477 e. The maximum absolute atomic E-state index is 13.3. The third kappa shape index (κ3) is 4.72. The molecule has 1 aromatic rings. The summed E-state index contributed by atoms with van der Waals surface area (Å²) in [5.41, 5.74) is 0.783. The van der Waals surface area contributed by atoms with Gasteiger partial charge in [-0.3, -0.25) is 0 Å². The van der Waals surface area contributed by atoms with Gasteiger partial charge in [-0.1, -0.05) is 6.92 Å². The minimum absolute atomic E-state index is 0.322. The van der Waals surface area contributed by atoms with E-state index in [2.05, 4.69) is 17.2 Å². The molecule has 0 aliphatic carbocycles. The van der Waals surface area contributed by atoms with Gasteiger partial charge in [0.2, 0.25) is 5.88 Å². The molecule has 2 rings (SSSR count). The number of hydrogen-bond donors (Lipinski definition) is 1. The Hall–Kier alpha value is -1.20. The highest BCUT2D eigenvalue weighted by atomic mass is 19.1. The Morgan fingerprint density at radius 3 is 3.00 bits per heavy atom. The van der Waals surface area contributed by atoms with Crippen molar-refractivity contribution in [2.75, 3.05) is 26.4 Å². The summed E-state index contributed by atoms with van der Waals surface area (Å²) in [5.74, 6) is 0.727. The average molecular weight is 282 g/mol. The van der Waals surface area contributed by atoms with Crippen molar-refractivity contribution in [2.24, 2.45) is 5.92 Å². The van der Waals surface area contributed by atoms with Crippen LogP contribution in [0, 0.1) is 11.7 Å². The Bertz CT molecular complexity index is 409. The van der Waals surface area contributed by atoms with Gasteiger partial charge in [0.05, 0.1) is 12.8 Å². The van der Waals surface area contributed by atoms with Gasteiger partial charge in [-0.15, -0.1) is 0 Å². The van der Waals surface area contributed by atoms with E-state index in [-0.39, 0.29) is 5.82 Å². The normalized spacial score (nSPS) is 16.3. The van der Waals surface area contributed by atoms with Crippen molar-refractivity contribution in [3.05, 3.63) is 23.6 Å². The van der Waals surface area contributed by atoms with Gasteiger partial charge in [0.1, 0.15) is 5.82 Å². The number of ether oxygens (including phenoxy) is 2. The summed E-state index contributed by atoms with van der Waals surface area (Å²) in [6.07, 6.45) is 4.29. The molecule has 4 nitrogen and oxygen atoms in total. The summed E-state index contributed by atoms with van der Waals surface area (Å²) in [5, 5.41) is 3.25. The largest absolute Gasteiger partial charge is 0.477 e. The van der Waals surface area contributed by atoms with Gasteiger partial charge >= 0.3 is 0 Å². The van der Waals surface area contributed by atoms with E-state index < -0.39 is 0 Å². The van der Waals surface area contributed by atoms with Gasteiger partial charge in [0, 0.05) is 25.3 Å². The number of nitrogens with zero attached hydrogens (tertiary/aromatic N) is 1. The third-order valence-electron chi connectivity index (χ3n) is 3.43. The first-order valence-electron chi connectivity index (χ1n) is 7.35. The van der Waals surface area contributed by atoms with Crippen LogP contribution in [0.2, 0.25) is 0 Å². The van der Waals surface area contributed by atoms with Crippen molar-refractivity contribution in [1.82, 2.24) is 10.3 Å². The minimum atomic E-state index is -0.322. The second-order valence-electron chi connectivity index (χ2n) is 5.16. The molecule has 1 N–H and O–H groups in total. The Morgan fingerprint density at radius 1 is 1.45 bits per heavy atom. The fraction of sp³-hybridized carbons (Fsp3) is 0.667. The van der Waals surface area contributed by atoms with Crippen LogP contribution < -0.4 is 10.1 Å². The molecule has 1 saturated heterocycles. The van der Waals surface area contributed by atoms with Crippen LogP contribution in [0.25, 0.3) is 0 Å². The molecule has 0 bridgehead atoms. The molecular formula is C15H23FN2O2. The zero-order valence-electron chi connectivity index (χ0n) is 12.0. The summed E-state index contributed by atoms with van der Waals surface area (Å²) in [6.45, 7) is 5.81. The lowest BCUT2D eigenvalue weighted by Gasteiger charge is -2.22. The fourth-order valence-corrected chi connectivity index (χ4v) is 2.23. The monoisotopic (exact) mass is 282 g/mol. The summed E-state index contributed by atoms with van der Waals surface area (Å²) < 4.78 is 24.4. The summed E-state index contributed by atoms with van der Waals surface area (Å²) in [4.78, 5) is 4.07. The number of halogens is 1. The van der Waals surface area contributed by atoms with Gasteiger partial charge in [0.15, 0.2) is 0 Å². The molecule has 0 amide bonds. The second kappa shape index (κ2) is 8.17. The van der Waals surface area contributed by atoms with E-state index in [0.717, 1.165) is 44.6 Å². The van der Waals surface area contributed by atoms with Crippen LogP contribution in [0.3, 0.4) is 0 Å². The van der Waals surface area contributed by atoms with E-state index in [9.17, 15) is 4.39 Å². The molecule has 0 spiro atoms. The van der Waals surface area contributed by atoms with Crippen molar-refractivity contribution in [2.45, 2.75) is 32.7 Å². The highest BCUT2D eigenvalue weighted by molar-refractivity contribution is 5.26. The fourth-order valence-electron chi connectivity index (χ4n) is 2.23.